The minimum atomic E-state index is -0.244. The predicted molar refractivity (Wildman–Crippen MR) is 129 cm³/mol. The van der Waals surface area contributed by atoms with E-state index in [0.29, 0.717) is 11.6 Å². The second-order valence-electron chi connectivity index (χ2n) is 9.20. The number of pyridine rings is 1. The van der Waals surface area contributed by atoms with Crippen LogP contribution in [0.1, 0.15) is 54.2 Å². The van der Waals surface area contributed by atoms with Gasteiger partial charge in [0, 0.05) is 25.0 Å². The summed E-state index contributed by atoms with van der Waals surface area (Å²) in [6, 6.07) is 11.9. The molecule has 33 heavy (non-hydrogen) atoms. The number of ether oxygens (including phenoxy) is 1. The minimum absolute atomic E-state index is 0.168. The van der Waals surface area contributed by atoms with Crippen LogP contribution in [0.15, 0.2) is 48.8 Å². The number of rotatable bonds is 5. The van der Waals surface area contributed by atoms with Crippen LogP contribution in [0.4, 0.5) is 11.5 Å². The molecule has 7 nitrogen and oxygen atoms in total. The van der Waals surface area contributed by atoms with Crippen LogP contribution >= 0.6 is 0 Å². The molecule has 2 aromatic heterocycles. The van der Waals surface area contributed by atoms with Gasteiger partial charge in [0.05, 0.1) is 18.4 Å². The Morgan fingerprint density at radius 2 is 1.88 bits per heavy atom. The van der Waals surface area contributed by atoms with Gasteiger partial charge in [0.2, 0.25) is 0 Å². The van der Waals surface area contributed by atoms with Crippen LogP contribution in [0.25, 0.3) is 11.1 Å². The summed E-state index contributed by atoms with van der Waals surface area (Å²) >= 11 is 0. The molecule has 5 rings (SSSR count). The number of aryl methyl sites for hydroxylation is 1. The van der Waals surface area contributed by atoms with Crippen molar-refractivity contribution in [2.45, 2.75) is 51.7 Å². The molecule has 1 aromatic carbocycles. The van der Waals surface area contributed by atoms with Gasteiger partial charge in [0.1, 0.15) is 5.82 Å². The minimum Gasteiger partial charge on any atom is -0.372 e. The van der Waals surface area contributed by atoms with Crippen LogP contribution in [0.5, 0.6) is 0 Å². The summed E-state index contributed by atoms with van der Waals surface area (Å²) in [5, 5.41) is 11.0. The number of carbonyl (C=O) groups is 1. The van der Waals surface area contributed by atoms with Gasteiger partial charge in [0.15, 0.2) is 5.69 Å². The van der Waals surface area contributed by atoms with Crippen LogP contribution in [0.3, 0.4) is 0 Å². The lowest BCUT2D eigenvalue weighted by molar-refractivity contribution is -0.00545. The maximum atomic E-state index is 12.8. The first kappa shape index (κ1) is 21.5. The normalized spacial score (nSPS) is 20.5. The third-order valence-electron chi connectivity index (χ3n) is 6.25. The Hall–Kier alpha value is -3.32. The smallest absolute Gasteiger partial charge is 0.276 e. The van der Waals surface area contributed by atoms with E-state index < -0.39 is 0 Å². The van der Waals surface area contributed by atoms with E-state index in [9.17, 15) is 4.79 Å². The maximum Gasteiger partial charge on any atom is 0.276 e. The molecule has 1 saturated carbocycles. The van der Waals surface area contributed by atoms with E-state index in [1.807, 2.05) is 36.5 Å². The van der Waals surface area contributed by atoms with Crippen molar-refractivity contribution >= 4 is 17.4 Å². The van der Waals surface area contributed by atoms with Crippen molar-refractivity contribution in [3.05, 3.63) is 65.6 Å². The van der Waals surface area contributed by atoms with Gasteiger partial charge in [-0.15, -0.1) is 5.10 Å². The first-order chi connectivity index (χ1) is 16.0. The Morgan fingerprint density at radius 1 is 1.09 bits per heavy atom. The average Bonchev–Trinajstić information content (AvgIpc) is 3.65. The van der Waals surface area contributed by atoms with Crippen LogP contribution in [-0.4, -0.2) is 46.4 Å². The van der Waals surface area contributed by atoms with Crippen LogP contribution < -0.4 is 10.2 Å². The summed E-state index contributed by atoms with van der Waals surface area (Å²) < 4.78 is 5.87. The zero-order chi connectivity index (χ0) is 22.9. The molecular weight excluding hydrogens is 414 g/mol. The number of carbonyl (C=O) groups excluding carboxylic acids is 1. The molecule has 0 unspecified atom stereocenters. The van der Waals surface area contributed by atoms with E-state index in [-0.39, 0.29) is 18.1 Å². The molecule has 0 radical (unpaired) electrons. The summed E-state index contributed by atoms with van der Waals surface area (Å²) in [4.78, 5) is 19.7. The van der Waals surface area contributed by atoms with E-state index in [0.717, 1.165) is 59.7 Å². The molecule has 1 amide bonds. The Balaban J connectivity index is 1.38. The highest BCUT2D eigenvalue weighted by atomic mass is 16.5. The molecule has 1 N–H and O–H groups in total. The van der Waals surface area contributed by atoms with Gasteiger partial charge < -0.3 is 15.0 Å². The topological polar surface area (TPSA) is 80.2 Å². The zero-order valence-electron chi connectivity index (χ0n) is 19.3. The van der Waals surface area contributed by atoms with Gasteiger partial charge in [-0.05, 0) is 92.1 Å². The van der Waals surface area contributed by atoms with Crippen LogP contribution in [-0.2, 0) is 4.74 Å². The molecule has 1 aliphatic heterocycles. The molecule has 1 saturated heterocycles. The lowest BCUT2D eigenvalue weighted by Crippen LogP contribution is -2.45. The second kappa shape index (κ2) is 8.90. The van der Waals surface area contributed by atoms with E-state index >= 15 is 0 Å². The summed E-state index contributed by atoms with van der Waals surface area (Å²) in [6.07, 6.45) is 6.25. The number of nitrogens with one attached hydrogen (secondary N) is 1. The lowest BCUT2D eigenvalue weighted by Gasteiger charge is -2.36. The number of hydrogen-bond donors (Lipinski definition) is 1. The summed E-state index contributed by atoms with van der Waals surface area (Å²) in [6.45, 7) is 7.89. The molecule has 7 heteroatoms. The van der Waals surface area contributed by atoms with Gasteiger partial charge in [-0.25, -0.2) is 4.98 Å². The first-order valence-corrected chi connectivity index (χ1v) is 11.6. The second-order valence-corrected chi connectivity index (χ2v) is 9.20. The average molecular weight is 444 g/mol. The Labute approximate surface area is 194 Å². The van der Waals surface area contributed by atoms with Gasteiger partial charge >= 0.3 is 0 Å². The number of amides is 1. The fourth-order valence-corrected chi connectivity index (χ4v) is 4.46. The molecule has 2 fully saturated rings. The zero-order valence-corrected chi connectivity index (χ0v) is 19.3. The summed E-state index contributed by atoms with van der Waals surface area (Å²) in [7, 11) is 0. The summed E-state index contributed by atoms with van der Waals surface area (Å²) in [5.41, 5.74) is 5.43. The number of aromatic nitrogens is 3. The third kappa shape index (κ3) is 4.88. The van der Waals surface area contributed by atoms with Gasteiger partial charge in [-0.3, -0.25) is 4.79 Å². The van der Waals surface area contributed by atoms with Gasteiger partial charge in [0.25, 0.3) is 5.91 Å². The number of benzene rings is 1. The molecule has 3 aromatic rings. The van der Waals surface area contributed by atoms with E-state index in [1.54, 1.807) is 6.20 Å². The molecule has 0 bridgehead atoms. The molecule has 0 spiro atoms. The molecule has 1 aliphatic carbocycles. The first-order valence-electron chi connectivity index (χ1n) is 11.6. The fourth-order valence-electron chi connectivity index (χ4n) is 4.46. The highest BCUT2D eigenvalue weighted by molar-refractivity contribution is 6.03. The number of nitrogens with zero attached hydrogens (tertiary/aromatic N) is 4. The quantitative estimate of drug-likeness (QED) is 0.621. The number of hydrogen-bond acceptors (Lipinski definition) is 6. The van der Waals surface area contributed by atoms with Crippen molar-refractivity contribution in [2.75, 3.05) is 23.3 Å². The number of morpholine rings is 1. The van der Waals surface area contributed by atoms with Crippen molar-refractivity contribution < 1.29 is 9.53 Å². The van der Waals surface area contributed by atoms with Gasteiger partial charge in [-0.1, -0.05) is 6.07 Å². The molecule has 170 valence electrons. The van der Waals surface area contributed by atoms with Gasteiger partial charge in [-0.2, -0.15) is 5.10 Å². The third-order valence-corrected chi connectivity index (χ3v) is 6.25. The van der Waals surface area contributed by atoms with E-state index in [1.165, 1.54) is 0 Å². The molecule has 2 aliphatic rings. The van der Waals surface area contributed by atoms with E-state index in [2.05, 4.69) is 52.2 Å². The highest BCUT2D eigenvalue weighted by Crippen LogP contribution is 2.39. The fraction of sp³-hybridized carbons (Fsp3) is 0.385. The molecule has 2 atom stereocenters. The SMILES string of the molecule is Cc1ccc(NC(=O)c2cc(C3CC3)cnn2)cc1-c1ccnc(N2C[C@@H](C)O[C@@H](C)C2)c1. The van der Waals surface area contributed by atoms with Crippen molar-refractivity contribution in [1.29, 1.82) is 0 Å². The Bertz CT molecular complexity index is 1170. The highest BCUT2D eigenvalue weighted by Gasteiger charge is 2.25. The molecular formula is C26H29N5O2. The Kier molecular flexibility index (Phi) is 5.81. The van der Waals surface area contributed by atoms with Crippen molar-refractivity contribution in [2.24, 2.45) is 0 Å². The largest absolute Gasteiger partial charge is 0.372 e. The van der Waals surface area contributed by atoms with Crippen molar-refractivity contribution in [3.8, 4) is 11.1 Å². The van der Waals surface area contributed by atoms with E-state index in [4.69, 9.17) is 4.74 Å². The Morgan fingerprint density at radius 3 is 2.64 bits per heavy atom. The lowest BCUT2D eigenvalue weighted by atomic mass is 10.0. The monoisotopic (exact) mass is 443 g/mol. The number of anilines is 2. The van der Waals surface area contributed by atoms with Crippen LogP contribution in [0, 0.1) is 6.92 Å². The summed E-state index contributed by atoms with van der Waals surface area (Å²) in [5.74, 6) is 1.22. The molecule has 3 heterocycles. The standard InChI is InChI=1S/C26H29N5O2/c1-16-4-7-22(29-26(32)24-10-21(13-28-30-24)19-5-6-19)12-23(16)20-8-9-27-25(11-20)31-14-17(2)33-18(3)15-31/h4,7-13,17-19H,5-6,14-15H2,1-3H3,(H,29,32)/t17-,18+. The predicted octanol–water partition coefficient (Wildman–Crippen LogP) is 4.59. The van der Waals surface area contributed by atoms with Crippen LogP contribution in [0.2, 0.25) is 0 Å². The van der Waals surface area contributed by atoms with Crippen molar-refractivity contribution in [1.82, 2.24) is 15.2 Å². The van der Waals surface area contributed by atoms with Crippen molar-refractivity contribution in [3.63, 3.8) is 0 Å². The maximum absolute atomic E-state index is 12.8.